The van der Waals surface area contributed by atoms with Gasteiger partial charge in [-0.2, -0.15) is 0 Å². The highest BCUT2D eigenvalue weighted by Crippen LogP contribution is 2.22. The van der Waals surface area contributed by atoms with Crippen LogP contribution in [0, 0.1) is 0 Å². The molecule has 0 aliphatic rings. The van der Waals surface area contributed by atoms with Gasteiger partial charge in [0.1, 0.15) is 0 Å². The number of hydrogen-bond donors (Lipinski definition) is 0. The molecular formula is C19H15ClN2O3S. The fourth-order valence-corrected chi connectivity index (χ4v) is 3.49. The Kier molecular flexibility index (Phi) is 5.75. The van der Waals surface area contributed by atoms with Crippen molar-refractivity contribution in [3.05, 3.63) is 76.1 Å². The van der Waals surface area contributed by atoms with E-state index in [1.807, 2.05) is 30.3 Å². The molecule has 26 heavy (non-hydrogen) atoms. The molecule has 1 aromatic heterocycles. The minimum atomic E-state index is -0.472. The molecule has 2 aromatic carbocycles. The summed E-state index contributed by atoms with van der Waals surface area (Å²) in [6.45, 7) is 0. The monoisotopic (exact) mass is 386 g/mol. The summed E-state index contributed by atoms with van der Waals surface area (Å²) in [5.74, 6) is 0.0885. The van der Waals surface area contributed by atoms with E-state index in [9.17, 15) is 9.59 Å². The standard InChI is InChI=1S/C19H15ClN2O3S/c1-25-18(24)13-8-9-15-16(12-13)21-19(26-11-5-10-20)22(17(15)23)14-6-3-2-4-7-14/h2-10,12H,11H2,1H3/b10-5+. The van der Waals surface area contributed by atoms with Crippen LogP contribution in [0.4, 0.5) is 0 Å². The van der Waals surface area contributed by atoms with Crippen LogP contribution in [0.2, 0.25) is 0 Å². The van der Waals surface area contributed by atoms with Crippen molar-refractivity contribution in [1.82, 2.24) is 9.55 Å². The van der Waals surface area contributed by atoms with Crippen LogP contribution in [0.3, 0.4) is 0 Å². The number of aromatic nitrogens is 2. The number of thioether (sulfide) groups is 1. The van der Waals surface area contributed by atoms with Crippen LogP contribution >= 0.6 is 23.4 Å². The molecule has 0 unspecified atom stereocenters. The Hall–Kier alpha value is -2.57. The Morgan fingerprint density at radius 3 is 2.73 bits per heavy atom. The topological polar surface area (TPSA) is 61.2 Å². The maximum atomic E-state index is 13.1. The largest absolute Gasteiger partial charge is 0.465 e. The first-order chi connectivity index (χ1) is 12.7. The van der Waals surface area contributed by atoms with Crippen LogP contribution in [0.1, 0.15) is 10.4 Å². The van der Waals surface area contributed by atoms with E-state index < -0.39 is 5.97 Å². The SMILES string of the molecule is COC(=O)c1ccc2c(=O)n(-c3ccccc3)c(SC/C=C/Cl)nc2c1. The summed E-state index contributed by atoms with van der Waals surface area (Å²) >= 11 is 6.97. The number of rotatable bonds is 5. The molecule has 0 aliphatic carbocycles. The minimum absolute atomic E-state index is 0.199. The van der Waals surface area contributed by atoms with Gasteiger partial charge in [-0.15, -0.1) is 0 Å². The molecule has 0 atom stereocenters. The van der Waals surface area contributed by atoms with Gasteiger partial charge in [0.2, 0.25) is 0 Å². The fraction of sp³-hybridized carbons (Fsp3) is 0.105. The maximum absolute atomic E-state index is 13.1. The lowest BCUT2D eigenvalue weighted by Gasteiger charge is -2.13. The summed E-state index contributed by atoms with van der Waals surface area (Å²) in [4.78, 5) is 29.4. The predicted octanol–water partition coefficient (Wildman–Crippen LogP) is 4.02. The highest BCUT2D eigenvalue weighted by atomic mass is 35.5. The second-order valence-corrected chi connectivity index (χ2v) is 6.51. The summed E-state index contributed by atoms with van der Waals surface area (Å²) < 4.78 is 6.30. The number of nitrogens with zero attached hydrogens (tertiary/aromatic N) is 2. The minimum Gasteiger partial charge on any atom is -0.465 e. The van der Waals surface area contributed by atoms with Gasteiger partial charge in [-0.1, -0.05) is 47.6 Å². The van der Waals surface area contributed by atoms with Gasteiger partial charge >= 0.3 is 5.97 Å². The Morgan fingerprint density at radius 1 is 1.27 bits per heavy atom. The van der Waals surface area contributed by atoms with E-state index in [0.29, 0.717) is 27.4 Å². The molecule has 0 aliphatic heterocycles. The fourth-order valence-electron chi connectivity index (χ4n) is 2.47. The molecule has 0 bridgehead atoms. The van der Waals surface area contributed by atoms with Crippen LogP contribution in [0.25, 0.3) is 16.6 Å². The normalized spacial score (nSPS) is 11.2. The van der Waals surface area contributed by atoms with E-state index >= 15 is 0 Å². The number of esters is 1. The number of fused-ring (bicyclic) bond motifs is 1. The van der Waals surface area contributed by atoms with E-state index in [1.165, 1.54) is 24.4 Å². The molecule has 0 N–H and O–H groups in total. The number of methoxy groups -OCH3 is 1. The number of para-hydroxylation sites is 1. The number of benzene rings is 2. The molecule has 0 radical (unpaired) electrons. The summed E-state index contributed by atoms with van der Waals surface area (Å²) in [5.41, 5.74) is 2.74. The Morgan fingerprint density at radius 2 is 2.04 bits per heavy atom. The van der Waals surface area contributed by atoms with Crippen LogP contribution in [0.5, 0.6) is 0 Å². The summed E-state index contributed by atoms with van der Waals surface area (Å²) in [6.07, 6.45) is 1.77. The van der Waals surface area contributed by atoms with Gasteiger partial charge in [0, 0.05) is 11.3 Å². The molecule has 3 aromatic rings. The number of carbonyl (C=O) groups excluding carboxylic acids is 1. The molecule has 7 heteroatoms. The van der Waals surface area contributed by atoms with Crippen LogP contribution < -0.4 is 5.56 Å². The summed E-state index contributed by atoms with van der Waals surface area (Å²) in [7, 11) is 1.31. The van der Waals surface area contributed by atoms with E-state index in [0.717, 1.165) is 5.69 Å². The Bertz CT molecular complexity index is 1030. The molecule has 1 heterocycles. The van der Waals surface area contributed by atoms with Crippen LogP contribution in [-0.4, -0.2) is 28.4 Å². The second kappa shape index (κ2) is 8.21. The molecule has 0 saturated carbocycles. The Balaban J connectivity index is 2.23. The molecule has 132 valence electrons. The lowest BCUT2D eigenvalue weighted by atomic mass is 10.1. The van der Waals surface area contributed by atoms with Gasteiger partial charge in [-0.25, -0.2) is 9.78 Å². The van der Waals surface area contributed by atoms with Gasteiger partial charge in [0.15, 0.2) is 5.16 Å². The molecule has 0 saturated heterocycles. The molecule has 0 amide bonds. The third-order valence-corrected chi connectivity index (χ3v) is 4.74. The molecule has 5 nitrogen and oxygen atoms in total. The third kappa shape index (κ3) is 3.66. The zero-order chi connectivity index (χ0) is 18.5. The van der Waals surface area contributed by atoms with Crippen LogP contribution in [-0.2, 0) is 4.74 Å². The molecule has 0 fully saturated rings. The highest BCUT2D eigenvalue weighted by molar-refractivity contribution is 7.99. The number of carbonyl (C=O) groups is 1. The first-order valence-electron chi connectivity index (χ1n) is 7.74. The third-order valence-electron chi connectivity index (χ3n) is 3.67. The van der Waals surface area contributed by atoms with Crippen molar-refractivity contribution in [3.63, 3.8) is 0 Å². The van der Waals surface area contributed by atoms with Crippen molar-refractivity contribution < 1.29 is 9.53 Å². The summed E-state index contributed by atoms with van der Waals surface area (Å²) in [5, 5.41) is 0.948. The van der Waals surface area contributed by atoms with Gasteiger partial charge in [0.25, 0.3) is 5.56 Å². The van der Waals surface area contributed by atoms with Crippen molar-refractivity contribution >= 4 is 40.2 Å². The van der Waals surface area contributed by atoms with Crippen molar-refractivity contribution in [2.24, 2.45) is 0 Å². The lowest BCUT2D eigenvalue weighted by molar-refractivity contribution is 0.0601. The molecule has 0 spiro atoms. The first kappa shape index (κ1) is 18.2. The lowest BCUT2D eigenvalue weighted by Crippen LogP contribution is -2.22. The van der Waals surface area contributed by atoms with Crippen LogP contribution in [0.15, 0.2) is 70.1 Å². The van der Waals surface area contributed by atoms with E-state index in [4.69, 9.17) is 16.3 Å². The molecular weight excluding hydrogens is 372 g/mol. The predicted molar refractivity (Wildman–Crippen MR) is 104 cm³/mol. The average molecular weight is 387 g/mol. The van der Waals surface area contributed by atoms with Gasteiger partial charge in [-0.05, 0) is 30.3 Å². The van der Waals surface area contributed by atoms with Gasteiger partial charge in [0.05, 0.1) is 29.3 Å². The first-order valence-corrected chi connectivity index (χ1v) is 9.16. The quantitative estimate of drug-likeness (QED) is 0.376. The molecule has 3 rings (SSSR count). The maximum Gasteiger partial charge on any atom is 0.337 e. The number of halogens is 1. The van der Waals surface area contributed by atoms with Crippen molar-refractivity contribution in [3.8, 4) is 5.69 Å². The number of ether oxygens (including phenoxy) is 1. The van der Waals surface area contributed by atoms with Crippen molar-refractivity contribution in [2.75, 3.05) is 12.9 Å². The van der Waals surface area contributed by atoms with Crippen molar-refractivity contribution in [1.29, 1.82) is 0 Å². The van der Waals surface area contributed by atoms with E-state index in [-0.39, 0.29) is 5.56 Å². The second-order valence-electron chi connectivity index (χ2n) is 5.27. The van der Waals surface area contributed by atoms with Gasteiger partial charge < -0.3 is 4.74 Å². The summed E-state index contributed by atoms with van der Waals surface area (Å²) in [6, 6.07) is 14.0. The smallest absolute Gasteiger partial charge is 0.337 e. The van der Waals surface area contributed by atoms with E-state index in [2.05, 4.69) is 4.98 Å². The van der Waals surface area contributed by atoms with Gasteiger partial charge in [-0.3, -0.25) is 9.36 Å². The number of hydrogen-bond acceptors (Lipinski definition) is 5. The highest BCUT2D eigenvalue weighted by Gasteiger charge is 2.15. The average Bonchev–Trinajstić information content (AvgIpc) is 2.68. The zero-order valence-electron chi connectivity index (χ0n) is 13.9. The van der Waals surface area contributed by atoms with E-state index in [1.54, 1.807) is 28.8 Å². The Labute approximate surface area is 159 Å². The zero-order valence-corrected chi connectivity index (χ0v) is 15.5. The van der Waals surface area contributed by atoms with Crippen molar-refractivity contribution in [2.45, 2.75) is 5.16 Å².